The Morgan fingerprint density at radius 3 is 2.63 bits per heavy atom. The zero-order valence-corrected chi connectivity index (χ0v) is 12.8. The summed E-state index contributed by atoms with van der Waals surface area (Å²) in [6.07, 6.45) is 4.18. The van der Waals surface area contributed by atoms with Gasteiger partial charge < -0.3 is 0 Å². The van der Waals surface area contributed by atoms with Gasteiger partial charge in [-0.05, 0) is 39.0 Å². The van der Waals surface area contributed by atoms with Crippen molar-refractivity contribution in [2.45, 2.75) is 51.3 Å². The fourth-order valence-electron chi connectivity index (χ4n) is 2.84. The maximum atomic E-state index is 12.7. The highest BCUT2D eigenvalue weighted by atomic mass is 32.2. The van der Waals surface area contributed by atoms with Gasteiger partial charge in [-0.3, -0.25) is 5.10 Å². The number of nitrogens with one attached hydrogen (secondary N) is 1. The smallest absolute Gasteiger partial charge is 0.246 e. The Bertz CT molecular complexity index is 517. The van der Waals surface area contributed by atoms with Crippen molar-refractivity contribution >= 4 is 10.0 Å². The van der Waals surface area contributed by atoms with E-state index in [0.717, 1.165) is 25.7 Å². The van der Waals surface area contributed by atoms with Crippen molar-refractivity contribution < 1.29 is 8.42 Å². The van der Waals surface area contributed by atoms with Crippen molar-refractivity contribution in [3.63, 3.8) is 0 Å². The van der Waals surface area contributed by atoms with Crippen LogP contribution in [0.15, 0.2) is 4.90 Å². The molecule has 0 saturated carbocycles. The minimum Gasteiger partial charge on any atom is -0.281 e. The van der Waals surface area contributed by atoms with Crippen LogP contribution in [-0.4, -0.2) is 36.0 Å². The van der Waals surface area contributed by atoms with Gasteiger partial charge in [0.05, 0.1) is 11.4 Å². The lowest BCUT2D eigenvalue weighted by molar-refractivity contribution is 0.407. The molecule has 0 radical (unpaired) electrons. The highest BCUT2D eigenvalue weighted by Gasteiger charge is 2.31. The number of sulfonamides is 1. The van der Waals surface area contributed by atoms with Gasteiger partial charge in [0.1, 0.15) is 4.90 Å². The summed E-state index contributed by atoms with van der Waals surface area (Å²) in [5.74, 6) is 0.659. The molecule has 108 valence electrons. The minimum atomic E-state index is -3.40. The van der Waals surface area contributed by atoms with Crippen molar-refractivity contribution in [3.05, 3.63) is 11.4 Å². The molecule has 19 heavy (non-hydrogen) atoms. The molecule has 0 bridgehead atoms. The molecule has 1 saturated heterocycles. The summed E-state index contributed by atoms with van der Waals surface area (Å²) in [6, 6.07) is 0. The molecule has 2 heterocycles. The van der Waals surface area contributed by atoms with Crippen LogP contribution < -0.4 is 0 Å². The Hall–Kier alpha value is -0.880. The average molecular weight is 285 g/mol. The molecule has 1 aromatic heterocycles. The zero-order valence-electron chi connectivity index (χ0n) is 11.9. The van der Waals surface area contributed by atoms with E-state index < -0.39 is 10.0 Å². The van der Waals surface area contributed by atoms with Crippen LogP contribution >= 0.6 is 0 Å². The second kappa shape index (κ2) is 5.63. The maximum Gasteiger partial charge on any atom is 0.246 e. The second-order valence-electron chi connectivity index (χ2n) is 5.37. The highest BCUT2D eigenvalue weighted by Crippen LogP contribution is 2.27. The molecule has 5 nitrogen and oxygen atoms in total. The van der Waals surface area contributed by atoms with Gasteiger partial charge in [0.15, 0.2) is 0 Å². The molecule has 0 spiro atoms. The summed E-state index contributed by atoms with van der Waals surface area (Å²) in [7, 11) is -3.40. The van der Waals surface area contributed by atoms with Crippen molar-refractivity contribution in [1.29, 1.82) is 0 Å². The van der Waals surface area contributed by atoms with E-state index in [1.807, 2.05) is 0 Å². The van der Waals surface area contributed by atoms with Crippen molar-refractivity contribution in [1.82, 2.24) is 14.5 Å². The molecule has 2 rings (SSSR count). The number of nitrogens with zero attached hydrogens (tertiary/aromatic N) is 2. The molecule has 1 fully saturated rings. The van der Waals surface area contributed by atoms with Crippen LogP contribution in [-0.2, 0) is 10.0 Å². The number of aromatic nitrogens is 2. The molecule has 1 unspecified atom stereocenters. The molecule has 6 heteroatoms. The van der Waals surface area contributed by atoms with Crippen LogP contribution in [0, 0.1) is 19.8 Å². The largest absolute Gasteiger partial charge is 0.281 e. The Balaban J connectivity index is 2.25. The lowest BCUT2D eigenvalue weighted by Gasteiger charge is -2.20. The molecular weight excluding hydrogens is 262 g/mol. The van der Waals surface area contributed by atoms with E-state index >= 15 is 0 Å². The first kappa shape index (κ1) is 14.5. The third-order valence-corrected chi connectivity index (χ3v) is 6.20. The molecule has 1 N–H and O–H groups in total. The monoisotopic (exact) mass is 285 g/mol. The summed E-state index contributed by atoms with van der Waals surface area (Å²) in [5, 5.41) is 6.76. The molecular formula is C13H23N3O2S. The third-order valence-electron chi connectivity index (χ3n) is 4.04. The third kappa shape index (κ3) is 2.84. The van der Waals surface area contributed by atoms with Crippen LogP contribution in [0.25, 0.3) is 0 Å². The zero-order chi connectivity index (χ0) is 14.0. The second-order valence-corrected chi connectivity index (χ2v) is 7.25. The number of aryl methyl sites for hydroxylation is 2. The highest BCUT2D eigenvalue weighted by molar-refractivity contribution is 7.89. The fraction of sp³-hybridized carbons (Fsp3) is 0.769. The summed E-state index contributed by atoms with van der Waals surface area (Å²) in [6.45, 7) is 6.94. The normalized spacial score (nSPS) is 22.4. The van der Waals surface area contributed by atoms with Gasteiger partial charge >= 0.3 is 0 Å². The van der Waals surface area contributed by atoms with Gasteiger partial charge in [-0.1, -0.05) is 13.3 Å². The quantitative estimate of drug-likeness (QED) is 0.926. The number of rotatable bonds is 3. The van der Waals surface area contributed by atoms with Gasteiger partial charge in [-0.25, -0.2) is 8.42 Å². The predicted molar refractivity (Wildman–Crippen MR) is 74.5 cm³/mol. The first-order chi connectivity index (χ1) is 8.96. The lowest BCUT2D eigenvalue weighted by Crippen LogP contribution is -2.32. The maximum absolute atomic E-state index is 12.7. The molecule has 1 aromatic rings. The van der Waals surface area contributed by atoms with Crippen molar-refractivity contribution in [3.8, 4) is 0 Å². The van der Waals surface area contributed by atoms with Crippen molar-refractivity contribution in [2.24, 2.45) is 5.92 Å². The van der Waals surface area contributed by atoms with Crippen LogP contribution in [0.4, 0.5) is 0 Å². The number of hydrogen-bond acceptors (Lipinski definition) is 3. The summed E-state index contributed by atoms with van der Waals surface area (Å²) >= 11 is 0. The Labute approximate surface area is 115 Å². The Kier molecular flexibility index (Phi) is 4.30. The first-order valence-electron chi connectivity index (χ1n) is 6.98. The van der Waals surface area contributed by atoms with E-state index in [2.05, 4.69) is 17.1 Å². The molecule has 0 aliphatic carbocycles. The molecule has 1 atom stereocenters. The van der Waals surface area contributed by atoms with E-state index in [0.29, 0.717) is 35.3 Å². The van der Waals surface area contributed by atoms with Gasteiger partial charge in [0, 0.05) is 13.1 Å². The molecule has 0 aromatic carbocycles. The molecule has 1 aliphatic rings. The number of aromatic amines is 1. The first-order valence-corrected chi connectivity index (χ1v) is 8.42. The van der Waals surface area contributed by atoms with Gasteiger partial charge in [0.25, 0.3) is 0 Å². The summed E-state index contributed by atoms with van der Waals surface area (Å²) in [5.41, 5.74) is 1.20. The summed E-state index contributed by atoms with van der Waals surface area (Å²) in [4.78, 5) is 0.363. The van der Waals surface area contributed by atoms with Crippen molar-refractivity contribution in [2.75, 3.05) is 13.1 Å². The van der Waals surface area contributed by atoms with E-state index in [9.17, 15) is 8.42 Å². The predicted octanol–water partition coefficient (Wildman–Crippen LogP) is 2.23. The topological polar surface area (TPSA) is 66.1 Å². The van der Waals surface area contributed by atoms with Gasteiger partial charge in [-0.2, -0.15) is 9.40 Å². The Morgan fingerprint density at radius 1 is 1.32 bits per heavy atom. The van der Waals surface area contributed by atoms with Gasteiger partial charge in [-0.15, -0.1) is 0 Å². The average Bonchev–Trinajstić information content (AvgIpc) is 2.59. The van der Waals surface area contributed by atoms with Crippen LogP contribution in [0.2, 0.25) is 0 Å². The van der Waals surface area contributed by atoms with Crippen LogP contribution in [0.3, 0.4) is 0 Å². The van der Waals surface area contributed by atoms with E-state index in [-0.39, 0.29) is 0 Å². The number of hydrogen-bond donors (Lipinski definition) is 1. The minimum absolute atomic E-state index is 0.363. The van der Waals surface area contributed by atoms with E-state index in [1.54, 1.807) is 18.2 Å². The van der Waals surface area contributed by atoms with Gasteiger partial charge in [0.2, 0.25) is 10.0 Å². The molecule has 0 amide bonds. The fourth-order valence-corrected chi connectivity index (χ4v) is 4.66. The van der Waals surface area contributed by atoms with E-state index in [4.69, 9.17) is 0 Å². The standard InChI is InChI=1S/C13H23N3O2S/c1-4-12-6-5-8-16(9-7-12)19(17,18)13-10(2)14-15-11(13)3/h12H,4-9H2,1-3H3,(H,14,15). The summed E-state index contributed by atoms with van der Waals surface area (Å²) < 4.78 is 27.0. The number of H-pyrrole nitrogens is 1. The van der Waals surface area contributed by atoms with E-state index in [1.165, 1.54) is 0 Å². The van der Waals surface area contributed by atoms with Crippen LogP contribution in [0.5, 0.6) is 0 Å². The molecule has 1 aliphatic heterocycles. The Morgan fingerprint density at radius 2 is 2.05 bits per heavy atom. The SMILES string of the molecule is CCC1CCCN(S(=O)(=O)c2c(C)n[nH]c2C)CC1. The lowest BCUT2D eigenvalue weighted by atomic mass is 9.98. The van der Waals surface area contributed by atoms with Crippen LogP contribution in [0.1, 0.15) is 44.0 Å².